The molecule has 0 saturated heterocycles. The molecule has 3 nitrogen and oxygen atoms in total. The smallest absolute Gasteiger partial charge is 0.179 e. The summed E-state index contributed by atoms with van der Waals surface area (Å²) in [7, 11) is -3.33. The van der Waals surface area contributed by atoms with E-state index in [0.29, 0.717) is 10.0 Å². The lowest BCUT2D eigenvalue weighted by Gasteiger charge is -2.03. The number of alkyl halides is 1. The molecular weight excluding hydrogens is 302 g/mol. The Bertz CT molecular complexity index is 507. The van der Waals surface area contributed by atoms with Crippen LogP contribution in [-0.2, 0) is 9.84 Å². The van der Waals surface area contributed by atoms with Gasteiger partial charge in [0.25, 0.3) is 0 Å². The molecule has 0 aromatic heterocycles. The van der Waals surface area contributed by atoms with E-state index in [1.54, 1.807) is 0 Å². The molecule has 15 heavy (non-hydrogen) atoms. The normalized spacial score (nSPS) is 11.0. The van der Waals surface area contributed by atoms with Gasteiger partial charge >= 0.3 is 0 Å². The van der Waals surface area contributed by atoms with E-state index < -0.39 is 9.84 Å². The summed E-state index contributed by atoms with van der Waals surface area (Å²) in [5.41, 5.74) is 0.403. The zero-order chi connectivity index (χ0) is 11.5. The van der Waals surface area contributed by atoms with E-state index in [1.807, 2.05) is 6.07 Å². The van der Waals surface area contributed by atoms with Gasteiger partial charge in [-0.1, -0.05) is 0 Å². The van der Waals surface area contributed by atoms with Gasteiger partial charge in [0.15, 0.2) is 9.84 Å². The first kappa shape index (κ1) is 12.5. The fourth-order valence-electron chi connectivity index (χ4n) is 0.999. The maximum atomic E-state index is 11.6. The molecule has 0 N–H and O–H groups in total. The monoisotopic (exact) mass is 307 g/mol. The van der Waals surface area contributed by atoms with Crippen molar-refractivity contribution in [1.29, 1.82) is 5.26 Å². The lowest BCUT2D eigenvalue weighted by molar-refractivity contribution is 0.597. The molecule has 0 spiro atoms. The maximum absolute atomic E-state index is 11.6. The molecule has 0 heterocycles. The van der Waals surface area contributed by atoms with E-state index in [4.69, 9.17) is 16.9 Å². The zero-order valence-electron chi connectivity index (χ0n) is 7.57. The molecule has 0 aliphatic carbocycles. The summed E-state index contributed by atoms with van der Waals surface area (Å²) in [5.74, 6) is -0.0488. The Morgan fingerprint density at radius 3 is 2.60 bits per heavy atom. The van der Waals surface area contributed by atoms with Gasteiger partial charge in [-0.3, -0.25) is 0 Å². The van der Waals surface area contributed by atoms with Gasteiger partial charge in [0, 0.05) is 10.4 Å². The quantitative estimate of drug-likeness (QED) is 0.805. The molecule has 1 rings (SSSR count). The van der Waals surface area contributed by atoms with Gasteiger partial charge in [-0.25, -0.2) is 8.42 Å². The van der Waals surface area contributed by atoms with E-state index in [9.17, 15) is 8.42 Å². The van der Waals surface area contributed by atoms with Crippen LogP contribution in [0.3, 0.4) is 0 Å². The van der Waals surface area contributed by atoms with Crippen LogP contribution in [0, 0.1) is 11.3 Å². The lowest BCUT2D eigenvalue weighted by Crippen LogP contribution is -2.07. The van der Waals surface area contributed by atoms with Crippen molar-refractivity contribution in [2.45, 2.75) is 4.90 Å². The number of hydrogen-bond donors (Lipinski definition) is 0. The van der Waals surface area contributed by atoms with Crippen LogP contribution in [0.5, 0.6) is 0 Å². The first-order valence-corrected chi connectivity index (χ1v) is 6.97. The average molecular weight is 309 g/mol. The van der Waals surface area contributed by atoms with Crippen molar-refractivity contribution in [2.24, 2.45) is 0 Å². The predicted molar refractivity (Wildman–Crippen MR) is 61.6 cm³/mol. The highest BCUT2D eigenvalue weighted by Gasteiger charge is 2.14. The number of nitriles is 1. The van der Waals surface area contributed by atoms with Crippen molar-refractivity contribution in [3.63, 3.8) is 0 Å². The van der Waals surface area contributed by atoms with Crippen molar-refractivity contribution < 1.29 is 8.42 Å². The summed E-state index contributed by atoms with van der Waals surface area (Å²) in [6.45, 7) is 0. The van der Waals surface area contributed by atoms with E-state index in [0.717, 1.165) is 0 Å². The summed E-state index contributed by atoms with van der Waals surface area (Å²) in [6, 6.07) is 6.23. The number of benzene rings is 1. The van der Waals surface area contributed by atoms with Gasteiger partial charge in [-0.05, 0) is 34.1 Å². The molecule has 0 bridgehead atoms. The summed E-state index contributed by atoms with van der Waals surface area (Å²) in [5, 5.41) is 8.66. The Kier molecular flexibility index (Phi) is 4.14. The van der Waals surface area contributed by atoms with Crippen LogP contribution in [0.15, 0.2) is 27.6 Å². The second kappa shape index (κ2) is 4.97. The lowest BCUT2D eigenvalue weighted by atomic mass is 10.2. The first-order valence-electron chi connectivity index (χ1n) is 3.99. The van der Waals surface area contributed by atoms with Crippen LogP contribution < -0.4 is 0 Å². The van der Waals surface area contributed by atoms with Crippen LogP contribution in [-0.4, -0.2) is 20.1 Å². The highest BCUT2D eigenvalue weighted by Crippen LogP contribution is 2.21. The SMILES string of the molecule is N#Cc1ccc(S(=O)(=O)CCCl)cc1Br. The first-order chi connectivity index (χ1) is 7.01. The Hall–Kier alpha value is -0.570. The number of hydrogen-bond acceptors (Lipinski definition) is 3. The van der Waals surface area contributed by atoms with Gasteiger partial charge in [0.05, 0.1) is 16.2 Å². The van der Waals surface area contributed by atoms with Crippen molar-refractivity contribution in [1.82, 2.24) is 0 Å². The molecular formula is C9H7BrClNO2S. The number of nitrogens with zero attached hydrogens (tertiary/aromatic N) is 1. The summed E-state index contributed by atoms with van der Waals surface area (Å²) >= 11 is 8.52. The Morgan fingerprint density at radius 2 is 2.13 bits per heavy atom. The second-order valence-corrected chi connectivity index (χ2v) is 6.10. The molecule has 0 aliphatic heterocycles. The third kappa shape index (κ3) is 2.94. The molecule has 6 heteroatoms. The molecule has 0 amide bonds. The fourth-order valence-corrected chi connectivity index (χ4v) is 3.24. The van der Waals surface area contributed by atoms with E-state index in [2.05, 4.69) is 15.9 Å². The predicted octanol–water partition coefficient (Wildman–Crippen LogP) is 2.33. The third-order valence-corrected chi connectivity index (χ3v) is 4.55. The summed E-state index contributed by atoms with van der Waals surface area (Å²) < 4.78 is 23.7. The molecule has 1 aromatic carbocycles. The minimum atomic E-state index is -3.33. The highest BCUT2D eigenvalue weighted by atomic mass is 79.9. The van der Waals surface area contributed by atoms with Gasteiger partial charge in [0.2, 0.25) is 0 Å². The number of halogens is 2. The molecule has 0 saturated carbocycles. The highest BCUT2D eigenvalue weighted by molar-refractivity contribution is 9.10. The topological polar surface area (TPSA) is 57.9 Å². The molecule has 0 atom stereocenters. The fraction of sp³-hybridized carbons (Fsp3) is 0.222. The van der Waals surface area contributed by atoms with Gasteiger partial charge in [-0.2, -0.15) is 5.26 Å². The second-order valence-electron chi connectivity index (χ2n) is 2.76. The van der Waals surface area contributed by atoms with E-state index in [-0.39, 0.29) is 16.5 Å². The van der Waals surface area contributed by atoms with E-state index >= 15 is 0 Å². The minimum Gasteiger partial charge on any atom is -0.224 e. The molecule has 0 unspecified atom stereocenters. The van der Waals surface area contributed by atoms with Crippen molar-refractivity contribution in [3.8, 4) is 6.07 Å². The average Bonchev–Trinajstić information content (AvgIpc) is 2.17. The number of rotatable bonds is 3. The van der Waals surface area contributed by atoms with Crippen molar-refractivity contribution >= 4 is 37.4 Å². The zero-order valence-corrected chi connectivity index (χ0v) is 10.7. The minimum absolute atomic E-state index is 0.0555. The largest absolute Gasteiger partial charge is 0.224 e. The van der Waals surface area contributed by atoms with Gasteiger partial charge in [-0.15, -0.1) is 11.6 Å². The van der Waals surface area contributed by atoms with Crippen LogP contribution in [0.1, 0.15) is 5.56 Å². The molecule has 80 valence electrons. The maximum Gasteiger partial charge on any atom is 0.179 e. The van der Waals surface area contributed by atoms with Crippen molar-refractivity contribution in [3.05, 3.63) is 28.2 Å². The Balaban J connectivity index is 3.20. The summed E-state index contributed by atoms with van der Waals surface area (Å²) in [6.07, 6.45) is 0. The Morgan fingerprint density at radius 1 is 1.47 bits per heavy atom. The standard InChI is InChI=1S/C9H7BrClNO2S/c10-9-5-8(2-1-7(9)6-12)15(13,14)4-3-11/h1-2,5H,3-4H2. The molecule has 0 aliphatic rings. The van der Waals surface area contributed by atoms with Crippen LogP contribution in [0.25, 0.3) is 0 Å². The summed E-state index contributed by atoms with van der Waals surface area (Å²) in [4.78, 5) is 0.175. The Labute approximate surface area is 102 Å². The van der Waals surface area contributed by atoms with Gasteiger partial charge < -0.3 is 0 Å². The van der Waals surface area contributed by atoms with Crippen LogP contribution >= 0.6 is 27.5 Å². The van der Waals surface area contributed by atoms with Gasteiger partial charge in [0.1, 0.15) is 6.07 Å². The third-order valence-electron chi connectivity index (χ3n) is 1.77. The van der Waals surface area contributed by atoms with Crippen LogP contribution in [0.2, 0.25) is 0 Å². The van der Waals surface area contributed by atoms with Crippen molar-refractivity contribution in [2.75, 3.05) is 11.6 Å². The van der Waals surface area contributed by atoms with Crippen LogP contribution in [0.4, 0.5) is 0 Å². The number of sulfone groups is 1. The molecule has 0 fully saturated rings. The van der Waals surface area contributed by atoms with E-state index in [1.165, 1.54) is 18.2 Å². The molecule has 0 radical (unpaired) electrons. The molecule has 1 aromatic rings.